The molecule has 0 aromatic heterocycles. The van der Waals surface area contributed by atoms with E-state index >= 15 is 0 Å². The summed E-state index contributed by atoms with van der Waals surface area (Å²) in [7, 11) is 0. The van der Waals surface area contributed by atoms with Crippen molar-refractivity contribution in [2.75, 3.05) is 0 Å². The van der Waals surface area contributed by atoms with E-state index in [0.29, 0.717) is 12.3 Å². The minimum atomic E-state index is -0.869. The third-order valence-corrected chi connectivity index (χ3v) is 2.47. The Hall–Kier alpha value is -0.570. The van der Waals surface area contributed by atoms with Crippen molar-refractivity contribution in [2.45, 2.75) is 32.2 Å². The lowest BCUT2D eigenvalue weighted by Crippen LogP contribution is -2.30. The van der Waals surface area contributed by atoms with Gasteiger partial charge in [-0.2, -0.15) is 0 Å². The predicted molar refractivity (Wildman–Crippen MR) is 42.1 cm³/mol. The number of nitrogens with two attached hydrogens (primary N) is 1. The van der Waals surface area contributed by atoms with Crippen molar-refractivity contribution in [1.29, 1.82) is 0 Å². The number of hydrogen-bond donors (Lipinski definition) is 2. The third kappa shape index (κ3) is 2.19. The first-order valence-corrected chi connectivity index (χ1v) is 4.13. The van der Waals surface area contributed by atoms with E-state index in [9.17, 15) is 4.79 Å². The molecule has 0 aliphatic heterocycles. The molecule has 3 heteroatoms. The fourth-order valence-electron chi connectivity index (χ4n) is 1.53. The summed E-state index contributed by atoms with van der Waals surface area (Å²) in [4.78, 5) is 10.3. The molecular weight excluding hydrogens is 142 g/mol. The number of carboxylic acids is 1. The molecule has 0 radical (unpaired) electrons. The highest BCUT2D eigenvalue weighted by Gasteiger charge is 2.37. The van der Waals surface area contributed by atoms with Crippen molar-refractivity contribution in [2.24, 2.45) is 17.6 Å². The molecule has 3 atom stereocenters. The minimum Gasteiger partial charge on any atom is -0.480 e. The smallest absolute Gasteiger partial charge is 0.320 e. The molecule has 11 heavy (non-hydrogen) atoms. The van der Waals surface area contributed by atoms with Crippen molar-refractivity contribution in [3.63, 3.8) is 0 Å². The van der Waals surface area contributed by atoms with E-state index in [4.69, 9.17) is 10.8 Å². The molecule has 0 spiro atoms. The second kappa shape index (κ2) is 3.22. The average molecular weight is 157 g/mol. The zero-order valence-corrected chi connectivity index (χ0v) is 6.79. The fraction of sp³-hybridized carbons (Fsp3) is 0.875. The van der Waals surface area contributed by atoms with Crippen LogP contribution < -0.4 is 5.73 Å². The maximum atomic E-state index is 10.3. The maximum Gasteiger partial charge on any atom is 0.320 e. The lowest BCUT2D eigenvalue weighted by molar-refractivity contribution is -0.138. The molecule has 3 N–H and O–H groups in total. The highest BCUT2D eigenvalue weighted by molar-refractivity contribution is 5.73. The van der Waals surface area contributed by atoms with Gasteiger partial charge in [0.15, 0.2) is 0 Å². The van der Waals surface area contributed by atoms with Gasteiger partial charge in [0.25, 0.3) is 0 Å². The quantitative estimate of drug-likeness (QED) is 0.635. The largest absolute Gasteiger partial charge is 0.480 e. The molecular formula is C8H15NO2. The van der Waals surface area contributed by atoms with Gasteiger partial charge < -0.3 is 10.8 Å². The molecule has 1 saturated carbocycles. The highest BCUT2D eigenvalue weighted by atomic mass is 16.4. The number of hydrogen-bond acceptors (Lipinski definition) is 2. The standard InChI is InChI=1S/C8H15NO2/c1-2-5-3-6(5)4-7(9)8(10)11/h5-7H,2-4,9H2,1H3,(H,10,11). The summed E-state index contributed by atoms with van der Waals surface area (Å²) in [6.45, 7) is 2.14. The molecule has 0 amide bonds. The fourth-order valence-corrected chi connectivity index (χ4v) is 1.53. The Morgan fingerprint density at radius 1 is 1.73 bits per heavy atom. The SMILES string of the molecule is CCC1CC1CC(N)C(=O)O. The van der Waals surface area contributed by atoms with Gasteiger partial charge >= 0.3 is 5.97 Å². The summed E-state index contributed by atoms with van der Waals surface area (Å²) in [5, 5.41) is 8.49. The minimum absolute atomic E-state index is 0.589. The first kappa shape index (κ1) is 8.53. The van der Waals surface area contributed by atoms with Crippen LogP contribution in [-0.2, 0) is 4.79 Å². The lowest BCUT2D eigenvalue weighted by atomic mass is 10.1. The number of carbonyl (C=O) groups is 1. The van der Waals surface area contributed by atoms with Crippen LogP contribution in [0, 0.1) is 11.8 Å². The van der Waals surface area contributed by atoms with E-state index in [2.05, 4.69) is 6.92 Å². The number of aliphatic carboxylic acids is 1. The van der Waals surface area contributed by atoms with E-state index in [1.807, 2.05) is 0 Å². The molecule has 3 nitrogen and oxygen atoms in total. The molecule has 1 fully saturated rings. The summed E-state index contributed by atoms with van der Waals surface area (Å²) < 4.78 is 0. The van der Waals surface area contributed by atoms with Gasteiger partial charge in [-0.05, 0) is 24.7 Å². The van der Waals surface area contributed by atoms with Crippen molar-refractivity contribution in [3.05, 3.63) is 0 Å². The van der Waals surface area contributed by atoms with Gasteiger partial charge in [-0.1, -0.05) is 13.3 Å². The average Bonchev–Trinajstić information content (AvgIpc) is 2.67. The van der Waals surface area contributed by atoms with Gasteiger partial charge in [0, 0.05) is 0 Å². The lowest BCUT2D eigenvalue weighted by Gasteiger charge is -2.03. The highest BCUT2D eigenvalue weighted by Crippen LogP contribution is 2.43. The Bertz CT molecular complexity index is 158. The van der Waals surface area contributed by atoms with Crippen LogP contribution in [0.5, 0.6) is 0 Å². The van der Waals surface area contributed by atoms with Gasteiger partial charge in [-0.3, -0.25) is 4.79 Å². The maximum absolute atomic E-state index is 10.3. The zero-order valence-electron chi connectivity index (χ0n) is 6.79. The van der Waals surface area contributed by atoms with Crippen molar-refractivity contribution >= 4 is 5.97 Å². The summed E-state index contributed by atoms with van der Waals surface area (Å²) >= 11 is 0. The van der Waals surface area contributed by atoms with E-state index in [1.54, 1.807) is 0 Å². The van der Waals surface area contributed by atoms with Gasteiger partial charge in [-0.15, -0.1) is 0 Å². The van der Waals surface area contributed by atoms with E-state index in [0.717, 1.165) is 12.3 Å². The first-order valence-electron chi connectivity index (χ1n) is 4.13. The topological polar surface area (TPSA) is 63.3 Å². The van der Waals surface area contributed by atoms with Gasteiger partial charge in [0.1, 0.15) is 6.04 Å². The second-order valence-electron chi connectivity index (χ2n) is 3.34. The van der Waals surface area contributed by atoms with Crippen LogP contribution in [0.3, 0.4) is 0 Å². The molecule has 0 saturated heterocycles. The van der Waals surface area contributed by atoms with Crippen molar-refractivity contribution in [1.82, 2.24) is 0 Å². The van der Waals surface area contributed by atoms with Crippen LogP contribution in [0.4, 0.5) is 0 Å². The molecule has 0 heterocycles. The van der Waals surface area contributed by atoms with Crippen molar-refractivity contribution < 1.29 is 9.90 Å². The molecule has 0 aromatic carbocycles. The molecule has 1 rings (SSSR count). The predicted octanol–water partition coefficient (Wildman–Crippen LogP) is 0.834. The summed E-state index contributed by atoms with van der Waals surface area (Å²) in [5.41, 5.74) is 5.37. The molecule has 3 unspecified atom stereocenters. The Labute approximate surface area is 66.6 Å². The number of rotatable bonds is 4. The van der Waals surface area contributed by atoms with Crippen LogP contribution in [0.2, 0.25) is 0 Å². The van der Waals surface area contributed by atoms with E-state index in [-0.39, 0.29) is 0 Å². The monoisotopic (exact) mass is 157 g/mol. The Morgan fingerprint density at radius 3 is 2.73 bits per heavy atom. The van der Waals surface area contributed by atoms with Crippen LogP contribution in [-0.4, -0.2) is 17.1 Å². The molecule has 64 valence electrons. The van der Waals surface area contributed by atoms with E-state index < -0.39 is 12.0 Å². The van der Waals surface area contributed by atoms with Gasteiger partial charge in [0.05, 0.1) is 0 Å². The molecule has 1 aliphatic rings. The molecule has 0 bridgehead atoms. The normalized spacial score (nSPS) is 31.5. The van der Waals surface area contributed by atoms with E-state index in [1.165, 1.54) is 6.42 Å². The molecule has 0 aromatic rings. The first-order chi connectivity index (χ1) is 5.15. The second-order valence-corrected chi connectivity index (χ2v) is 3.34. The summed E-state index contributed by atoms with van der Waals surface area (Å²) in [6, 6.07) is -0.642. The summed E-state index contributed by atoms with van der Waals surface area (Å²) in [6.07, 6.45) is 3.00. The Kier molecular flexibility index (Phi) is 2.49. The Balaban J connectivity index is 2.18. The van der Waals surface area contributed by atoms with Gasteiger partial charge in [-0.25, -0.2) is 0 Å². The zero-order chi connectivity index (χ0) is 8.43. The van der Waals surface area contributed by atoms with Crippen molar-refractivity contribution in [3.8, 4) is 0 Å². The third-order valence-electron chi connectivity index (χ3n) is 2.47. The van der Waals surface area contributed by atoms with Gasteiger partial charge in [0.2, 0.25) is 0 Å². The van der Waals surface area contributed by atoms with Crippen LogP contribution >= 0.6 is 0 Å². The molecule has 1 aliphatic carbocycles. The van der Waals surface area contributed by atoms with Crippen LogP contribution in [0.25, 0.3) is 0 Å². The number of carboxylic acid groups (broad SMARTS) is 1. The van der Waals surface area contributed by atoms with Crippen LogP contribution in [0.15, 0.2) is 0 Å². The Morgan fingerprint density at radius 2 is 2.36 bits per heavy atom. The summed E-state index contributed by atoms with van der Waals surface area (Å²) in [5.74, 6) is 0.471. The van der Waals surface area contributed by atoms with Crippen LogP contribution in [0.1, 0.15) is 26.2 Å².